The van der Waals surface area contributed by atoms with Crippen molar-refractivity contribution in [2.45, 2.75) is 38.3 Å². The van der Waals surface area contributed by atoms with Gasteiger partial charge in [0, 0.05) is 32.3 Å². The van der Waals surface area contributed by atoms with Crippen molar-refractivity contribution < 1.29 is 19.1 Å². The SMILES string of the molecule is CNC(=O)[C@]1(Cc2ccccc2)CN(C(=O)[C@@H](COc2ccccc2Cl)NC(=O)C(C)(C)N)CCC1=N. The minimum atomic E-state index is -1.24. The molecule has 1 aliphatic heterocycles. The Kier molecular flexibility index (Phi) is 8.94. The second-order valence-electron chi connectivity index (χ2n) is 9.80. The highest BCUT2D eigenvalue weighted by atomic mass is 35.5. The number of halogens is 1. The van der Waals surface area contributed by atoms with Crippen LogP contribution in [-0.2, 0) is 20.8 Å². The molecule has 1 aliphatic rings. The lowest BCUT2D eigenvalue weighted by atomic mass is 9.72. The number of likely N-dealkylation sites (tertiary alicyclic amines) is 1. The number of para-hydroxylation sites is 1. The normalized spacial score (nSPS) is 18.6. The first-order chi connectivity index (χ1) is 17.5. The largest absolute Gasteiger partial charge is 0.489 e. The third-order valence-electron chi connectivity index (χ3n) is 6.42. The molecule has 3 amide bonds. The lowest BCUT2D eigenvalue weighted by Crippen LogP contribution is -2.63. The van der Waals surface area contributed by atoms with Crippen molar-refractivity contribution in [1.29, 1.82) is 5.41 Å². The molecular weight excluding hydrogens is 494 g/mol. The van der Waals surface area contributed by atoms with Gasteiger partial charge in [-0.05, 0) is 38.0 Å². The molecule has 2 aromatic carbocycles. The molecule has 2 aromatic rings. The monoisotopic (exact) mass is 527 g/mol. The predicted molar refractivity (Wildman–Crippen MR) is 143 cm³/mol. The molecule has 1 fully saturated rings. The molecule has 1 saturated heterocycles. The predicted octanol–water partition coefficient (Wildman–Crippen LogP) is 2.17. The molecule has 0 saturated carbocycles. The Morgan fingerprint density at radius 1 is 1.16 bits per heavy atom. The Hall–Kier alpha value is -3.43. The smallest absolute Gasteiger partial charge is 0.248 e. The summed E-state index contributed by atoms with van der Waals surface area (Å²) in [5.41, 5.74) is 4.63. The molecule has 1 heterocycles. The summed E-state index contributed by atoms with van der Waals surface area (Å²) in [7, 11) is 1.52. The Bertz CT molecular complexity index is 1140. The number of piperidine rings is 1. The zero-order valence-corrected chi connectivity index (χ0v) is 22.1. The summed E-state index contributed by atoms with van der Waals surface area (Å²) in [6.07, 6.45) is 0.486. The van der Waals surface area contributed by atoms with Gasteiger partial charge in [0.25, 0.3) is 0 Å². The zero-order chi connectivity index (χ0) is 27.2. The molecule has 3 rings (SSSR count). The highest BCUT2D eigenvalue weighted by molar-refractivity contribution is 6.32. The van der Waals surface area contributed by atoms with E-state index in [0.29, 0.717) is 10.8 Å². The molecule has 10 heteroatoms. The second kappa shape index (κ2) is 11.7. The third-order valence-corrected chi connectivity index (χ3v) is 6.74. The van der Waals surface area contributed by atoms with Crippen molar-refractivity contribution in [1.82, 2.24) is 15.5 Å². The van der Waals surface area contributed by atoms with E-state index in [0.717, 1.165) is 5.56 Å². The number of amides is 3. The molecule has 9 nitrogen and oxygen atoms in total. The molecule has 0 unspecified atom stereocenters. The van der Waals surface area contributed by atoms with Gasteiger partial charge in [0.1, 0.15) is 23.8 Å². The van der Waals surface area contributed by atoms with Crippen molar-refractivity contribution in [2.24, 2.45) is 11.1 Å². The lowest BCUT2D eigenvalue weighted by Gasteiger charge is -2.43. The number of carbonyl (C=O) groups excluding carboxylic acids is 3. The summed E-state index contributed by atoms with van der Waals surface area (Å²) in [6.45, 7) is 3.11. The Morgan fingerprint density at radius 2 is 1.81 bits per heavy atom. The Balaban J connectivity index is 1.89. The fraction of sp³-hybridized carbons (Fsp3) is 0.407. The number of rotatable bonds is 9. The van der Waals surface area contributed by atoms with Gasteiger partial charge in [-0.3, -0.25) is 14.4 Å². The fourth-order valence-electron chi connectivity index (χ4n) is 4.28. The maximum Gasteiger partial charge on any atom is 0.248 e. The minimum absolute atomic E-state index is 0.0102. The summed E-state index contributed by atoms with van der Waals surface area (Å²) in [4.78, 5) is 41.2. The van der Waals surface area contributed by atoms with Crippen LogP contribution >= 0.6 is 11.6 Å². The van der Waals surface area contributed by atoms with E-state index in [4.69, 9.17) is 27.5 Å². The highest BCUT2D eigenvalue weighted by Gasteiger charge is 2.48. The Morgan fingerprint density at radius 3 is 2.43 bits per heavy atom. The van der Waals surface area contributed by atoms with E-state index in [1.807, 2.05) is 30.3 Å². The average Bonchev–Trinajstić information content (AvgIpc) is 2.87. The number of nitrogens with zero attached hydrogens (tertiary/aromatic N) is 1. The molecule has 0 radical (unpaired) electrons. The first-order valence-electron chi connectivity index (χ1n) is 12.1. The molecule has 37 heavy (non-hydrogen) atoms. The molecular formula is C27H34ClN5O4. The van der Waals surface area contributed by atoms with E-state index in [-0.39, 0.29) is 44.2 Å². The lowest BCUT2D eigenvalue weighted by molar-refractivity contribution is -0.141. The molecule has 0 spiro atoms. The van der Waals surface area contributed by atoms with Crippen LogP contribution in [0.2, 0.25) is 5.02 Å². The van der Waals surface area contributed by atoms with Crippen LogP contribution in [0, 0.1) is 10.8 Å². The van der Waals surface area contributed by atoms with Crippen LogP contribution in [0.1, 0.15) is 25.8 Å². The Labute approximate surface area is 222 Å². The average molecular weight is 528 g/mol. The van der Waals surface area contributed by atoms with E-state index < -0.39 is 28.8 Å². The first-order valence-corrected chi connectivity index (χ1v) is 12.5. The maximum absolute atomic E-state index is 13.8. The van der Waals surface area contributed by atoms with Gasteiger partial charge in [0.05, 0.1) is 10.6 Å². The number of nitrogens with two attached hydrogens (primary N) is 1. The van der Waals surface area contributed by atoms with Crippen molar-refractivity contribution in [3.05, 3.63) is 65.2 Å². The van der Waals surface area contributed by atoms with Crippen LogP contribution in [0.25, 0.3) is 0 Å². The number of benzene rings is 2. The van der Waals surface area contributed by atoms with Crippen molar-refractivity contribution in [3.63, 3.8) is 0 Å². The molecule has 0 aromatic heterocycles. The van der Waals surface area contributed by atoms with Gasteiger partial charge in [0.15, 0.2) is 0 Å². The van der Waals surface area contributed by atoms with E-state index in [9.17, 15) is 14.4 Å². The zero-order valence-electron chi connectivity index (χ0n) is 21.3. The quantitative estimate of drug-likeness (QED) is 0.396. The van der Waals surface area contributed by atoms with Gasteiger partial charge >= 0.3 is 0 Å². The first kappa shape index (κ1) is 28.1. The van der Waals surface area contributed by atoms with Crippen LogP contribution in [0.4, 0.5) is 0 Å². The number of nitrogens with one attached hydrogen (secondary N) is 3. The van der Waals surface area contributed by atoms with E-state index >= 15 is 0 Å². The standard InChI is InChI=1S/C27H34ClN5O4/c1-26(2,30)24(35)32-20(16-37-21-12-8-7-11-19(21)28)23(34)33-14-13-22(29)27(17-33,25(36)31-3)15-18-9-5-4-6-10-18/h4-12,20,29H,13-17,30H2,1-3H3,(H,31,36)(H,32,35)/t20-,27-/m1/s1. The molecule has 5 N–H and O–H groups in total. The van der Waals surface area contributed by atoms with E-state index in [1.54, 1.807) is 24.3 Å². The van der Waals surface area contributed by atoms with Crippen LogP contribution < -0.4 is 21.1 Å². The van der Waals surface area contributed by atoms with Crippen LogP contribution in [-0.4, -0.2) is 66.7 Å². The van der Waals surface area contributed by atoms with Gasteiger partial charge in [-0.2, -0.15) is 0 Å². The summed E-state index contributed by atoms with van der Waals surface area (Å²) in [5, 5.41) is 14.4. The number of carbonyl (C=O) groups is 3. The summed E-state index contributed by atoms with van der Waals surface area (Å²) in [5.74, 6) is -0.930. The summed E-state index contributed by atoms with van der Waals surface area (Å²) >= 11 is 6.20. The number of hydrogen-bond donors (Lipinski definition) is 4. The maximum atomic E-state index is 13.8. The van der Waals surface area contributed by atoms with Gasteiger partial charge in [-0.15, -0.1) is 0 Å². The summed E-state index contributed by atoms with van der Waals surface area (Å²) < 4.78 is 5.81. The topological polar surface area (TPSA) is 138 Å². The third kappa shape index (κ3) is 6.67. The number of ether oxygens (including phenoxy) is 1. The van der Waals surface area contributed by atoms with Crippen molar-refractivity contribution >= 4 is 35.0 Å². The second-order valence-corrected chi connectivity index (χ2v) is 10.2. The van der Waals surface area contributed by atoms with E-state index in [1.165, 1.54) is 25.8 Å². The molecule has 0 bridgehead atoms. The summed E-state index contributed by atoms with van der Waals surface area (Å²) in [6, 6.07) is 15.1. The minimum Gasteiger partial charge on any atom is -0.489 e. The molecule has 198 valence electrons. The number of hydrogen-bond acceptors (Lipinski definition) is 6. The highest BCUT2D eigenvalue weighted by Crippen LogP contribution is 2.32. The van der Waals surface area contributed by atoms with Crippen LogP contribution in [0.3, 0.4) is 0 Å². The van der Waals surface area contributed by atoms with Gasteiger partial charge < -0.3 is 31.4 Å². The molecule has 0 aliphatic carbocycles. The van der Waals surface area contributed by atoms with Crippen molar-refractivity contribution in [3.8, 4) is 5.75 Å². The van der Waals surface area contributed by atoms with E-state index in [2.05, 4.69) is 10.6 Å². The van der Waals surface area contributed by atoms with Crippen molar-refractivity contribution in [2.75, 3.05) is 26.7 Å². The fourth-order valence-corrected chi connectivity index (χ4v) is 4.47. The van der Waals surface area contributed by atoms with Crippen LogP contribution in [0.15, 0.2) is 54.6 Å². The van der Waals surface area contributed by atoms with Gasteiger partial charge in [0.2, 0.25) is 17.7 Å². The van der Waals surface area contributed by atoms with Gasteiger partial charge in [-0.25, -0.2) is 0 Å². The van der Waals surface area contributed by atoms with Gasteiger partial charge in [-0.1, -0.05) is 54.1 Å². The molecule has 2 atom stereocenters. The van der Waals surface area contributed by atoms with Crippen LogP contribution in [0.5, 0.6) is 5.75 Å².